The van der Waals surface area contributed by atoms with Gasteiger partial charge >= 0.3 is 0 Å². The van der Waals surface area contributed by atoms with Crippen LogP contribution in [0.2, 0.25) is 13.1 Å². The van der Waals surface area contributed by atoms with Crippen LogP contribution < -0.4 is 10.4 Å². The van der Waals surface area contributed by atoms with Gasteiger partial charge in [0.15, 0.2) is 5.82 Å². The van der Waals surface area contributed by atoms with E-state index < -0.39 is 8.07 Å². The molecular formula is C42H31N3Si. The van der Waals surface area contributed by atoms with Crippen molar-refractivity contribution in [2.45, 2.75) is 13.1 Å². The molecule has 1 aliphatic rings. The summed E-state index contributed by atoms with van der Waals surface area (Å²) in [7, 11) is -2.07. The minimum Gasteiger partial charge on any atom is -0.309 e. The Kier molecular flexibility index (Phi) is 5.96. The summed E-state index contributed by atoms with van der Waals surface area (Å²) >= 11 is 0. The molecule has 0 fully saturated rings. The van der Waals surface area contributed by atoms with Crippen molar-refractivity contribution in [2.75, 3.05) is 0 Å². The Bertz CT molecular complexity index is 2440. The number of aromatic nitrogens is 3. The van der Waals surface area contributed by atoms with Crippen LogP contribution in [0.1, 0.15) is 0 Å². The van der Waals surface area contributed by atoms with Crippen LogP contribution in [-0.2, 0) is 0 Å². The third-order valence-corrected chi connectivity index (χ3v) is 13.1. The first kappa shape index (κ1) is 26.8. The molecule has 0 atom stereocenters. The van der Waals surface area contributed by atoms with Crippen LogP contribution in [0.4, 0.5) is 0 Å². The molecular weight excluding hydrogens is 575 g/mol. The van der Waals surface area contributed by atoms with Gasteiger partial charge in [-0.1, -0.05) is 122 Å². The monoisotopic (exact) mass is 605 g/mol. The maximum atomic E-state index is 5.47. The Morgan fingerprint density at radius 2 is 1.13 bits per heavy atom. The molecule has 1 aliphatic heterocycles. The molecule has 3 nitrogen and oxygen atoms in total. The number of fused-ring (bicyclic) bond motifs is 6. The Morgan fingerprint density at radius 1 is 0.478 bits per heavy atom. The van der Waals surface area contributed by atoms with Crippen LogP contribution in [0.15, 0.2) is 152 Å². The van der Waals surface area contributed by atoms with E-state index in [9.17, 15) is 0 Å². The van der Waals surface area contributed by atoms with Crippen molar-refractivity contribution in [3.05, 3.63) is 152 Å². The van der Waals surface area contributed by atoms with Gasteiger partial charge in [-0.3, -0.25) is 0 Å². The van der Waals surface area contributed by atoms with Crippen LogP contribution in [0.5, 0.6) is 0 Å². The maximum absolute atomic E-state index is 5.47. The fourth-order valence-corrected chi connectivity index (χ4v) is 10.6. The Labute approximate surface area is 269 Å². The van der Waals surface area contributed by atoms with Gasteiger partial charge in [0.2, 0.25) is 0 Å². The second kappa shape index (κ2) is 10.2. The summed E-state index contributed by atoms with van der Waals surface area (Å²) < 4.78 is 2.35. The van der Waals surface area contributed by atoms with Crippen LogP contribution in [-0.4, -0.2) is 22.6 Å². The lowest BCUT2D eigenvalue weighted by molar-refractivity contribution is 1.18. The molecule has 0 bridgehead atoms. The van der Waals surface area contributed by atoms with Gasteiger partial charge < -0.3 is 4.57 Å². The van der Waals surface area contributed by atoms with Gasteiger partial charge in [0.05, 0.1) is 22.4 Å². The maximum Gasteiger partial charge on any atom is 0.160 e. The Morgan fingerprint density at radius 3 is 1.98 bits per heavy atom. The highest BCUT2D eigenvalue weighted by Crippen LogP contribution is 2.37. The molecule has 46 heavy (non-hydrogen) atoms. The SMILES string of the molecule is C[Si]1(C)c2ccccc2-c2nc(-c3ccc4c(c3)c3ccccc3n4-c3ccccc3)nc(-c3cccc(-c4ccccc4)c3)c21. The average Bonchev–Trinajstić information content (AvgIpc) is 3.57. The minimum atomic E-state index is -2.07. The summed E-state index contributed by atoms with van der Waals surface area (Å²) in [5.41, 5.74) is 11.5. The number of rotatable bonds is 4. The number of benzene rings is 6. The number of para-hydroxylation sites is 2. The zero-order valence-corrected chi connectivity index (χ0v) is 26.8. The predicted octanol–water partition coefficient (Wildman–Crippen LogP) is 9.38. The van der Waals surface area contributed by atoms with E-state index in [2.05, 4.69) is 169 Å². The van der Waals surface area contributed by atoms with Crippen LogP contribution in [0.3, 0.4) is 0 Å². The summed E-state index contributed by atoms with van der Waals surface area (Å²) in [5.74, 6) is 0.763. The summed E-state index contributed by atoms with van der Waals surface area (Å²) in [6.45, 7) is 4.88. The number of hydrogen-bond donors (Lipinski definition) is 0. The van der Waals surface area contributed by atoms with Gasteiger partial charge in [0, 0.05) is 27.6 Å². The molecule has 0 N–H and O–H groups in total. The molecule has 0 unspecified atom stereocenters. The van der Waals surface area contributed by atoms with Gasteiger partial charge in [0.25, 0.3) is 0 Å². The molecule has 3 heterocycles. The molecule has 0 spiro atoms. The first-order valence-electron chi connectivity index (χ1n) is 15.9. The van der Waals surface area contributed by atoms with E-state index in [1.54, 1.807) is 0 Å². The van der Waals surface area contributed by atoms with E-state index in [1.807, 2.05) is 0 Å². The first-order valence-corrected chi connectivity index (χ1v) is 18.9. The Hall–Kier alpha value is -5.58. The lowest BCUT2D eigenvalue weighted by atomic mass is 10.0. The van der Waals surface area contributed by atoms with E-state index in [0.29, 0.717) is 0 Å². The second-order valence-electron chi connectivity index (χ2n) is 12.7. The van der Waals surface area contributed by atoms with Crippen molar-refractivity contribution in [3.63, 3.8) is 0 Å². The molecule has 218 valence electrons. The van der Waals surface area contributed by atoms with Gasteiger partial charge in [-0.15, -0.1) is 0 Å². The van der Waals surface area contributed by atoms with E-state index in [0.717, 1.165) is 34.0 Å². The highest BCUT2D eigenvalue weighted by molar-refractivity contribution is 7.04. The molecule has 0 saturated carbocycles. The smallest absolute Gasteiger partial charge is 0.160 e. The quantitative estimate of drug-likeness (QED) is 0.187. The summed E-state index contributed by atoms with van der Waals surface area (Å²) in [4.78, 5) is 10.9. The van der Waals surface area contributed by atoms with Gasteiger partial charge in [-0.2, -0.15) is 0 Å². The van der Waals surface area contributed by atoms with E-state index in [4.69, 9.17) is 9.97 Å². The lowest BCUT2D eigenvalue weighted by Gasteiger charge is -2.22. The first-order chi connectivity index (χ1) is 22.6. The zero-order chi connectivity index (χ0) is 30.8. The highest BCUT2D eigenvalue weighted by Gasteiger charge is 2.41. The van der Waals surface area contributed by atoms with Crippen molar-refractivity contribution >= 4 is 40.3 Å². The van der Waals surface area contributed by atoms with Crippen molar-refractivity contribution < 1.29 is 0 Å². The Balaban J connectivity index is 1.30. The van der Waals surface area contributed by atoms with Gasteiger partial charge in [-0.05, 0) is 69.5 Å². The van der Waals surface area contributed by atoms with Crippen LogP contribution >= 0.6 is 0 Å². The van der Waals surface area contributed by atoms with E-state index in [-0.39, 0.29) is 0 Å². The van der Waals surface area contributed by atoms with Crippen molar-refractivity contribution in [3.8, 4) is 50.7 Å². The second-order valence-corrected chi connectivity index (χ2v) is 16.9. The van der Waals surface area contributed by atoms with Crippen molar-refractivity contribution in [2.24, 2.45) is 0 Å². The molecule has 0 saturated heterocycles. The van der Waals surface area contributed by atoms with Crippen LogP contribution in [0, 0.1) is 0 Å². The molecule has 9 rings (SSSR count). The van der Waals surface area contributed by atoms with Crippen LogP contribution in [0.25, 0.3) is 72.5 Å². The normalized spacial score (nSPS) is 13.2. The third-order valence-electron chi connectivity index (χ3n) is 9.58. The fourth-order valence-electron chi connectivity index (χ4n) is 7.40. The molecule has 0 radical (unpaired) electrons. The molecule has 0 amide bonds. The van der Waals surface area contributed by atoms with E-state index in [1.165, 1.54) is 48.9 Å². The zero-order valence-electron chi connectivity index (χ0n) is 25.8. The fraction of sp³-hybridized carbons (Fsp3) is 0.0476. The molecule has 6 aromatic carbocycles. The topological polar surface area (TPSA) is 30.7 Å². The van der Waals surface area contributed by atoms with Crippen molar-refractivity contribution in [1.29, 1.82) is 0 Å². The minimum absolute atomic E-state index is 0.763. The molecule has 4 heteroatoms. The number of hydrogen-bond acceptors (Lipinski definition) is 2. The average molecular weight is 606 g/mol. The number of nitrogens with zero attached hydrogens (tertiary/aromatic N) is 3. The molecule has 2 aromatic heterocycles. The van der Waals surface area contributed by atoms with E-state index >= 15 is 0 Å². The largest absolute Gasteiger partial charge is 0.309 e. The standard InChI is InChI=1S/C42H31N3Si/c1-46(2)38-23-12-10-21-34(38)40-41(46)39(30-17-13-16-29(26-30)28-14-5-3-6-15-28)43-42(44-40)31-24-25-37-35(27-31)33-20-9-11-22-36(33)45(37)32-18-7-4-8-19-32/h3-27H,1-2H3. The van der Waals surface area contributed by atoms with Gasteiger partial charge in [0.1, 0.15) is 8.07 Å². The molecule has 0 aliphatic carbocycles. The third kappa shape index (κ3) is 4.04. The van der Waals surface area contributed by atoms with Gasteiger partial charge in [-0.25, -0.2) is 9.97 Å². The lowest BCUT2D eigenvalue weighted by Crippen LogP contribution is -2.50. The summed E-state index contributed by atoms with van der Waals surface area (Å²) in [6, 6.07) is 54.3. The summed E-state index contributed by atoms with van der Waals surface area (Å²) in [5, 5.41) is 5.17. The summed E-state index contributed by atoms with van der Waals surface area (Å²) in [6.07, 6.45) is 0. The predicted molar refractivity (Wildman–Crippen MR) is 195 cm³/mol. The highest BCUT2D eigenvalue weighted by atomic mass is 28.3. The van der Waals surface area contributed by atoms with Crippen molar-refractivity contribution in [1.82, 2.24) is 14.5 Å². The molecule has 8 aromatic rings.